The van der Waals surface area contributed by atoms with E-state index < -0.39 is 12.1 Å². The van der Waals surface area contributed by atoms with Crippen molar-refractivity contribution in [2.24, 2.45) is 5.92 Å². The van der Waals surface area contributed by atoms with Gasteiger partial charge in [-0.1, -0.05) is 30.3 Å². The van der Waals surface area contributed by atoms with Crippen molar-refractivity contribution >= 4 is 23.7 Å². The summed E-state index contributed by atoms with van der Waals surface area (Å²) < 4.78 is 4.82. The maximum atomic E-state index is 13.2. The third-order valence-electron chi connectivity index (χ3n) is 8.27. The molecule has 1 N–H and O–H groups in total. The largest absolute Gasteiger partial charge is 0.469 e. The van der Waals surface area contributed by atoms with Gasteiger partial charge in [-0.05, 0) is 91.2 Å². The average Bonchev–Trinajstić information content (AvgIpc) is 3.56. The van der Waals surface area contributed by atoms with Crippen molar-refractivity contribution in [1.29, 1.82) is 0 Å². The van der Waals surface area contributed by atoms with Gasteiger partial charge in [0.2, 0.25) is 5.91 Å². The number of carboxylic acid groups (broad SMARTS) is 1. The van der Waals surface area contributed by atoms with Crippen molar-refractivity contribution in [2.45, 2.75) is 63.3 Å². The highest BCUT2D eigenvalue weighted by atomic mass is 16.5. The number of anilines is 1. The van der Waals surface area contributed by atoms with Crippen LogP contribution in [0.2, 0.25) is 0 Å². The van der Waals surface area contributed by atoms with E-state index in [1.807, 2.05) is 6.07 Å². The highest BCUT2D eigenvalue weighted by Crippen LogP contribution is 2.38. The zero-order valence-corrected chi connectivity index (χ0v) is 20.8. The Morgan fingerprint density at radius 1 is 0.944 bits per heavy atom. The Morgan fingerprint density at radius 3 is 2.36 bits per heavy atom. The van der Waals surface area contributed by atoms with Crippen LogP contribution >= 0.6 is 0 Å². The Kier molecular flexibility index (Phi) is 6.99. The fraction of sp³-hybridized carbons (Fsp3) is 0.483. The lowest BCUT2D eigenvalue weighted by Crippen LogP contribution is -2.47. The summed E-state index contributed by atoms with van der Waals surface area (Å²) >= 11 is 0. The average molecular weight is 491 g/mol. The number of methoxy groups -OCH3 is 1. The number of esters is 1. The van der Waals surface area contributed by atoms with Crippen LogP contribution in [-0.4, -0.2) is 54.2 Å². The predicted molar refractivity (Wildman–Crippen MR) is 137 cm³/mol. The van der Waals surface area contributed by atoms with E-state index in [1.54, 1.807) is 4.90 Å². The normalized spacial score (nSPS) is 23.4. The number of hydrogen-bond acceptors (Lipinski definition) is 4. The Hall–Kier alpha value is -3.35. The summed E-state index contributed by atoms with van der Waals surface area (Å²) in [6, 6.07) is 14.5. The van der Waals surface area contributed by atoms with Crippen LogP contribution in [-0.2, 0) is 20.7 Å². The summed E-state index contributed by atoms with van der Waals surface area (Å²) in [7, 11) is 1.46. The van der Waals surface area contributed by atoms with E-state index in [9.17, 15) is 19.5 Å². The zero-order chi connectivity index (χ0) is 25.2. The van der Waals surface area contributed by atoms with Crippen LogP contribution < -0.4 is 4.90 Å². The standard InChI is InChI=1S/C29H34N2O5/c1-36-27(32)17-19-4-6-20(7-5-19)21-8-10-22(11-9-21)23-12-13-25-24(18-23)14-16-30(25)28(33)26-3-2-15-31(26)29(34)35/h8-13,18-20,26H,2-7,14-17H2,1H3,(H,34,35)/t19-,20-,26?. The number of amides is 2. The van der Waals surface area contributed by atoms with E-state index in [1.165, 1.54) is 17.6 Å². The Morgan fingerprint density at radius 2 is 1.67 bits per heavy atom. The number of likely N-dealkylation sites (tertiary alicyclic amines) is 1. The van der Waals surface area contributed by atoms with Crippen LogP contribution in [0.3, 0.4) is 0 Å². The van der Waals surface area contributed by atoms with Crippen molar-refractivity contribution < 1.29 is 24.2 Å². The monoisotopic (exact) mass is 490 g/mol. The van der Waals surface area contributed by atoms with E-state index >= 15 is 0 Å². The van der Waals surface area contributed by atoms with Gasteiger partial charge in [-0.15, -0.1) is 0 Å². The van der Waals surface area contributed by atoms with Gasteiger partial charge in [0, 0.05) is 25.2 Å². The topological polar surface area (TPSA) is 87.2 Å². The molecule has 2 heterocycles. The quantitative estimate of drug-likeness (QED) is 0.581. The third-order valence-corrected chi connectivity index (χ3v) is 8.27. The minimum atomic E-state index is -1.02. The minimum Gasteiger partial charge on any atom is -0.469 e. The van der Waals surface area contributed by atoms with Gasteiger partial charge < -0.3 is 14.7 Å². The Labute approximate surface area is 212 Å². The lowest BCUT2D eigenvalue weighted by atomic mass is 9.77. The molecule has 1 saturated carbocycles. The lowest BCUT2D eigenvalue weighted by Gasteiger charge is -2.28. The summed E-state index contributed by atoms with van der Waals surface area (Å²) in [5, 5.41) is 9.43. The number of carbonyl (C=O) groups excluding carboxylic acids is 2. The van der Waals surface area contributed by atoms with Crippen LogP contribution in [0.5, 0.6) is 0 Å². The summed E-state index contributed by atoms with van der Waals surface area (Å²) in [6.07, 6.45) is 5.94. The summed E-state index contributed by atoms with van der Waals surface area (Å²) in [6.45, 7) is 1.02. The molecule has 0 radical (unpaired) electrons. The van der Waals surface area contributed by atoms with Crippen molar-refractivity contribution in [3.05, 3.63) is 53.6 Å². The maximum Gasteiger partial charge on any atom is 0.407 e. The van der Waals surface area contributed by atoms with Gasteiger partial charge in [0.15, 0.2) is 0 Å². The number of rotatable bonds is 5. The highest BCUT2D eigenvalue weighted by molar-refractivity contribution is 6.00. The Bertz CT molecular complexity index is 1140. The highest BCUT2D eigenvalue weighted by Gasteiger charge is 2.38. The van der Waals surface area contributed by atoms with Gasteiger partial charge in [0.05, 0.1) is 7.11 Å². The molecular formula is C29H34N2O5. The SMILES string of the molecule is COC(=O)C[C@H]1CC[C@H](c2ccc(-c3ccc4c(c3)CCN4C(=O)C3CCCN3C(=O)O)cc2)CC1. The second-order valence-electron chi connectivity index (χ2n) is 10.3. The molecule has 0 spiro atoms. The molecule has 3 aliphatic rings. The number of nitrogens with zero attached hydrogens (tertiary/aromatic N) is 2. The number of benzene rings is 2. The van der Waals surface area contributed by atoms with E-state index in [-0.39, 0.29) is 11.9 Å². The molecule has 2 aromatic carbocycles. The first-order chi connectivity index (χ1) is 17.4. The molecule has 1 atom stereocenters. The van der Waals surface area contributed by atoms with Gasteiger partial charge in [-0.2, -0.15) is 0 Å². The molecule has 2 aromatic rings. The van der Waals surface area contributed by atoms with E-state index in [0.29, 0.717) is 37.8 Å². The fourth-order valence-corrected chi connectivity index (χ4v) is 6.21. The molecule has 1 saturated heterocycles. The molecule has 2 aliphatic heterocycles. The van der Waals surface area contributed by atoms with Crippen LogP contribution in [0.4, 0.5) is 10.5 Å². The first-order valence-corrected chi connectivity index (χ1v) is 13.1. The number of fused-ring (bicyclic) bond motifs is 1. The van der Waals surface area contributed by atoms with Crippen LogP contribution in [0.1, 0.15) is 62.0 Å². The molecule has 190 valence electrons. The molecule has 36 heavy (non-hydrogen) atoms. The van der Waals surface area contributed by atoms with E-state index in [4.69, 9.17) is 4.74 Å². The Balaban J connectivity index is 1.24. The molecule has 0 aromatic heterocycles. The number of ether oxygens (including phenoxy) is 1. The molecule has 7 heteroatoms. The van der Waals surface area contributed by atoms with Crippen molar-refractivity contribution in [1.82, 2.24) is 4.90 Å². The van der Waals surface area contributed by atoms with Crippen LogP contribution in [0, 0.1) is 5.92 Å². The zero-order valence-electron chi connectivity index (χ0n) is 20.8. The third kappa shape index (κ3) is 4.84. The fourth-order valence-electron chi connectivity index (χ4n) is 6.21. The van der Waals surface area contributed by atoms with Crippen molar-refractivity contribution in [2.75, 3.05) is 25.1 Å². The predicted octanol–water partition coefficient (Wildman–Crippen LogP) is 5.22. The van der Waals surface area contributed by atoms with Crippen LogP contribution in [0.15, 0.2) is 42.5 Å². The summed E-state index contributed by atoms with van der Waals surface area (Å²) in [5.74, 6) is 0.762. The lowest BCUT2D eigenvalue weighted by molar-refractivity contribution is -0.142. The molecule has 0 bridgehead atoms. The minimum absolute atomic E-state index is 0.105. The van der Waals surface area contributed by atoms with Gasteiger partial charge in [-0.3, -0.25) is 14.5 Å². The second kappa shape index (κ2) is 10.3. The smallest absolute Gasteiger partial charge is 0.407 e. The van der Waals surface area contributed by atoms with Crippen molar-refractivity contribution in [3.63, 3.8) is 0 Å². The number of carbonyl (C=O) groups is 3. The maximum absolute atomic E-state index is 13.2. The van der Waals surface area contributed by atoms with Crippen LogP contribution in [0.25, 0.3) is 11.1 Å². The molecule has 5 rings (SSSR count). The van der Waals surface area contributed by atoms with E-state index in [2.05, 4.69) is 36.4 Å². The molecule has 1 aliphatic carbocycles. The molecular weight excluding hydrogens is 456 g/mol. The number of hydrogen-bond donors (Lipinski definition) is 1. The first-order valence-electron chi connectivity index (χ1n) is 13.1. The first kappa shape index (κ1) is 24.3. The summed E-state index contributed by atoms with van der Waals surface area (Å²) in [4.78, 5) is 39.3. The van der Waals surface area contributed by atoms with Gasteiger partial charge >= 0.3 is 12.1 Å². The summed E-state index contributed by atoms with van der Waals surface area (Å²) in [5.41, 5.74) is 5.67. The van der Waals surface area contributed by atoms with Gasteiger partial charge in [0.1, 0.15) is 6.04 Å². The molecule has 2 fully saturated rings. The second-order valence-corrected chi connectivity index (χ2v) is 10.3. The van der Waals surface area contributed by atoms with E-state index in [0.717, 1.165) is 60.9 Å². The molecule has 1 unspecified atom stereocenters. The van der Waals surface area contributed by atoms with Gasteiger partial charge in [-0.25, -0.2) is 4.79 Å². The molecule has 7 nitrogen and oxygen atoms in total. The van der Waals surface area contributed by atoms with Gasteiger partial charge in [0.25, 0.3) is 0 Å². The van der Waals surface area contributed by atoms with Crippen molar-refractivity contribution in [3.8, 4) is 11.1 Å². The molecule has 2 amide bonds.